The van der Waals surface area contributed by atoms with Gasteiger partial charge in [0.15, 0.2) is 5.96 Å². The van der Waals surface area contributed by atoms with E-state index in [1.54, 1.807) is 20.3 Å². The van der Waals surface area contributed by atoms with Gasteiger partial charge in [-0.15, -0.1) is 0 Å². The van der Waals surface area contributed by atoms with Crippen molar-refractivity contribution in [3.8, 4) is 22.4 Å². The van der Waals surface area contributed by atoms with Crippen LogP contribution in [0.5, 0.6) is 0 Å². The van der Waals surface area contributed by atoms with Crippen molar-refractivity contribution >= 4 is 35.2 Å². The third kappa shape index (κ3) is 5.49. The first kappa shape index (κ1) is 21.6. The quantitative estimate of drug-likeness (QED) is 0.449. The Hall–Kier alpha value is -3.09. The molecule has 1 aromatic heterocycles. The summed E-state index contributed by atoms with van der Waals surface area (Å²) < 4.78 is 0. The van der Waals surface area contributed by atoms with Gasteiger partial charge in [0.05, 0.1) is 12.2 Å². The Balaban J connectivity index is 1.95. The first-order chi connectivity index (χ1) is 14.3. The van der Waals surface area contributed by atoms with Gasteiger partial charge in [-0.25, -0.2) is 9.79 Å². The molecule has 2 aromatic carbocycles. The highest BCUT2D eigenvalue weighted by atomic mass is 35.5. The van der Waals surface area contributed by atoms with E-state index < -0.39 is 0 Å². The molecule has 0 radical (unpaired) electrons. The first-order valence-corrected chi connectivity index (χ1v) is 9.88. The Labute approximate surface area is 185 Å². The van der Waals surface area contributed by atoms with Gasteiger partial charge < -0.3 is 10.6 Å². The highest BCUT2D eigenvalue weighted by molar-refractivity contribution is 6.31. The number of nitrogens with two attached hydrogens (primary N) is 1. The molecule has 0 bridgehead atoms. The molecule has 3 rings (SSSR count). The van der Waals surface area contributed by atoms with Crippen LogP contribution >= 0.6 is 23.2 Å². The second-order valence-corrected chi connectivity index (χ2v) is 7.65. The molecule has 3 aromatic rings. The molecule has 6 nitrogen and oxygen atoms in total. The summed E-state index contributed by atoms with van der Waals surface area (Å²) in [5, 5.41) is 3.83. The predicted molar refractivity (Wildman–Crippen MR) is 123 cm³/mol. The van der Waals surface area contributed by atoms with Crippen LogP contribution in [0.3, 0.4) is 0 Å². The summed E-state index contributed by atoms with van der Waals surface area (Å²) in [5.74, 6) is 0.0449. The first-order valence-electron chi connectivity index (χ1n) is 9.12. The molecule has 30 heavy (non-hydrogen) atoms. The normalized spacial score (nSPS) is 11.3. The Morgan fingerprint density at radius 1 is 1.03 bits per heavy atom. The molecule has 0 aliphatic carbocycles. The topological polar surface area (TPSA) is 83.6 Å². The van der Waals surface area contributed by atoms with E-state index >= 15 is 0 Å². The van der Waals surface area contributed by atoms with Crippen molar-refractivity contribution in [1.82, 2.24) is 15.2 Å². The molecule has 154 valence electrons. The zero-order valence-corrected chi connectivity index (χ0v) is 18.1. The SMILES string of the molecule is CN(C)C(=O)NC(N)=NCc1cnc(-c2ccc(Cl)cc2)c(-c2ccc(Cl)cc2)c1. The predicted octanol–water partition coefficient (Wildman–Crippen LogP) is 4.81. The fraction of sp³-hybridized carbons (Fsp3) is 0.136. The summed E-state index contributed by atoms with van der Waals surface area (Å²) in [6.45, 7) is 0.272. The van der Waals surface area contributed by atoms with Gasteiger partial charge in [0.2, 0.25) is 0 Å². The number of benzene rings is 2. The number of hydrogen-bond donors (Lipinski definition) is 2. The Bertz CT molecular complexity index is 1060. The zero-order valence-electron chi connectivity index (χ0n) is 16.6. The Morgan fingerprint density at radius 3 is 2.17 bits per heavy atom. The third-order valence-corrected chi connectivity index (χ3v) is 4.79. The van der Waals surface area contributed by atoms with Crippen molar-refractivity contribution in [3.63, 3.8) is 0 Å². The smallest absolute Gasteiger partial charge is 0.323 e. The van der Waals surface area contributed by atoms with Crippen LogP contribution in [-0.4, -0.2) is 36.0 Å². The summed E-state index contributed by atoms with van der Waals surface area (Å²) in [4.78, 5) is 22.0. The highest BCUT2D eigenvalue weighted by Crippen LogP contribution is 2.32. The van der Waals surface area contributed by atoms with E-state index in [-0.39, 0.29) is 18.5 Å². The fourth-order valence-electron chi connectivity index (χ4n) is 2.72. The van der Waals surface area contributed by atoms with Gasteiger partial charge in [-0.3, -0.25) is 10.3 Å². The second kappa shape index (κ2) is 9.61. The lowest BCUT2D eigenvalue weighted by atomic mass is 9.98. The lowest BCUT2D eigenvalue weighted by Crippen LogP contribution is -2.42. The van der Waals surface area contributed by atoms with E-state index in [1.807, 2.05) is 54.6 Å². The molecular weight excluding hydrogens is 421 g/mol. The van der Waals surface area contributed by atoms with E-state index in [9.17, 15) is 4.79 Å². The number of pyridine rings is 1. The van der Waals surface area contributed by atoms with Crippen LogP contribution < -0.4 is 11.1 Å². The number of carbonyl (C=O) groups is 1. The van der Waals surface area contributed by atoms with E-state index in [4.69, 9.17) is 28.9 Å². The van der Waals surface area contributed by atoms with Crippen molar-refractivity contribution in [3.05, 3.63) is 76.4 Å². The number of hydrogen-bond acceptors (Lipinski definition) is 3. The van der Waals surface area contributed by atoms with Gasteiger partial charge in [-0.05, 0) is 41.5 Å². The van der Waals surface area contributed by atoms with Crippen molar-refractivity contribution in [2.75, 3.05) is 14.1 Å². The minimum absolute atomic E-state index is 0.0449. The third-order valence-electron chi connectivity index (χ3n) is 4.29. The lowest BCUT2D eigenvalue weighted by molar-refractivity contribution is 0.222. The summed E-state index contributed by atoms with van der Waals surface area (Å²) in [6, 6.07) is 16.7. The molecule has 0 fully saturated rings. The molecular formula is C22H21Cl2N5O. The van der Waals surface area contributed by atoms with Gasteiger partial charge >= 0.3 is 6.03 Å². The van der Waals surface area contributed by atoms with Crippen LogP contribution in [0.15, 0.2) is 65.8 Å². The molecule has 0 saturated heterocycles. The Morgan fingerprint density at radius 2 is 1.60 bits per heavy atom. The second-order valence-electron chi connectivity index (χ2n) is 6.78. The standard InChI is InChI=1S/C22H21Cl2N5O/c1-29(2)22(30)28-21(25)27-13-14-11-19(15-3-7-17(23)8-4-15)20(26-12-14)16-5-9-18(24)10-6-16/h3-12H,13H2,1-2H3,(H3,25,27,28,30). The molecule has 3 N–H and O–H groups in total. The minimum Gasteiger partial charge on any atom is -0.370 e. The number of nitrogens with zero attached hydrogens (tertiary/aromatic N) is 3. The molecule has 0 saturated carbocycles. The maximum Gasteiger partial charge on any atom is 0.323 e. The van der Waals surface area contributed by atoms with Gasteiger partial charge in [0.25, 0.3) is 0 Å². The minimum atomic E-state index is -0.339. The van der Waals surface area contributed by atoms with Gasteiger partial charge in [-0.1, -0.05) is 47.5 Å². The maximum absolute atomic E-state index is 11.7. The largest absolute Gasteiger partial charge is 0.370 e. The molecule has 0 spiro atoms. The van der Waals surface area contributed by atoms with Crippen LogP contribution in [0.25, 0.3) is 22.4 Å². The van der Waals surface area contributed by atoms with E-state index in [0.29, 0.717) is 10.0 Å². The molecule has 8 heteroatoms. The number of urea groups is 1. The molecule has 1 heterocycles. The van der Waals surface area contributed by atoms with Crippen LogP contribution in [0, 0.1) is 0 Å². The van der Waals surface area contributed by atoms with E-state index in [1.165, 1.54) is 4.90 Å². The monoisotopic (exact) mass is 441 g/mol. The number of aliphatic imine (C=N–C) groups is 1. The molecule has 0 unspecified atom stereocenters. The average molecular weight is 442 g/mol. The average Bonchev–Trinajstić information content (AvgIpc) is 2.73. The number of nitrogens with one attached hydrogen (secondary N) is 1. The Kier molecular flexibility index (Phi) is 6.92. The number of rotatable bonds is 4. The number of halogens is 2. The van der Waals surface area contributed by atoms with Crippen molar-refractivity contribution in [2.45, 2.75) is 6.54 Å². The number of amides is 2. The molecule has 0 aliphatic heterocycles. The summed E-state index contributed by atoms with van der Waals surface area (Å²) in [6.07, 6.45) is 1.74. The number of carbonyl (C=O) groups excluding carboxylic acids is 1. The summed E-state index contributed by atoms with van der Waals surface area (Å²) >= 11 is 12.1. The van der Waals surface area contributed by atoms with Gasteiger partial charge in [0, 0.05) is 41.5 Å². The van der Waals surface area contributed by atoms with Crippen molar-refractivity contribution < 1.29 is 4.79 Å². The number of aromatic nitrogens is 1. The molecule has 2 amide bonds. The van der Waals surface area contributed by atoms with E-state index in [2.05, 4.69) is 15.3 Å². The van der Waals surface area contributed by atoms with Crippen LogP contribution in [0.4, 0.5) is 4.79 Å². The van der Waals surface area contributed by atoms with Gasteiger partial charge in [-0.2, -0.15) is 0 Å². The maximum atomic E-state index is 11.7. The van der Waals surface area contributed by atoms with E-state index in [0.717, 1.165) is 27.9 Å². The highest BCUT2D eigenvalue weighted by Gasteiger charge is 2.11. The van der Waals surface area contributed by atoms with Crippen LogP contribution in [-0.2, 0) is 6.54 Å². The molecule has 0 atom stereocenters. The van der Waals surface area contributed by atoms with Crippen LogP contribution in [0.2, 0.25) is 10.0 Å². The van der Waals surface area contributed by atoms with Gasteiger partial charge in [0.1, 0.15) is 0 Å². The fourth-order valence-corrected chi connectivity index (χ4v) is 2.97. The summed E-state index contributed by atoms with van der Waals surface area (Å²) in [5.41, 5.74) is 10.3. The van der Waals surface area contributed by atoms with Crippen LogP contribution in [0.1, 0.15) is 5.56 Å². The number of guanidine groups is 1. The van der Waals surface area contributed by atoms with Crippen molar-refractivity contribution in [1.29, 1.82) is 0 Å². The van der Waals surface area contributed by atoms with Crippen molar-refractivity contribution in [2.24, 2.45) is 10.7 Å². The summed E-state index contributed by atoms with van der Waals surface area (Å²) in [7, 11) is 3.25. The lowest BCUT2D eigenvalue weighted by Gasteiger charge is -2.13. The molecule has 0 aliphatic rings. The zero-order chi connectivity index (χ0) is 21.7.